The van der Waals surface area contributed by atoms with Crippen LogP contribution >= 0.6 is 11.6 Å². The molecule has 0 bridgehead atoms. The average Bonchev–Trinajstić information content (AvgIpc) is 2.89. The summed E-state index contributed by atoms with van der Waals surface area (Å²) in [6, 6.07) is 6.99. The summed E-state index contributed by atoms with van der Waals surface area (Å²) in [5, 5.41) is 22.2. The van der Waals surface area contributed by atoms with Crippen LogP contribution in [0.25, 0.3) is 0 Å². The summed E-state index contributed by atoms with van der Waals surface area (Å²) in [6.07, 6.45) is 5.03. The van der Waals surface area contributed by atoms with Crippen molar-refractivity contribution in [2.45, 2.75) is 58.8 Å². The van der Waals surface area contributed by atoms with Crippen LogP contribution < -0.4 is 15.0 Å². The summed E-state index contributed by atoms with van der Waals surface area (Å²) in [7, 11) is 0. The Morgan fingerprint density at radius 1 is 1.18 bits per heavy atom. The highest BCUT2D eigenvalue weighted by Gasteiger charge is 2.64. The summed E-state index contributed by atoms with van der Waals surface area (Å²) < 4.78 is 6.32. The molecule has 1 aliphatic carbocycles. The molecule has 2 saturated heterocycles. The third-order valence-corrected chi connectivity index (χ3v) is 8.99. The molecule has 2 aromatic rings. The van der Waals surface area contributed by atoms with E-state index in [-0.39, 0.29) is 35.0 Å². The zero-order chi connectivity index (χ0) is 27.9. The van der Waals surface area contributed by atoms with Gasteiger partial charge in [-0.05, 0) is 30.9 Å². The van der Waals surface area contributed by atoms with Crippen LogP contribution in [0.3, 0.4) is 0 Å². The van der Waals surface area contributed by atoms with Gasteiger partial charge in [-0.15, -0.1) is 0 Å². The molecule has 1 aromatic heterocycles. The molecule has 1 saturated carbocycles. The minimum Gasteiger partial charge on any atom is -0.489 e. The van der Waals surface area contributed by atoms with E-state index >= 15 is 0 Å². The highest BCUT2D eigenvalue weighted by Crippen LogP contribution is 2.55. The van der Waals surface area contributed by atoms with Crippen molar-refractivity contribution in [1.29, 1.82) is 5.26 Å². The van der Waals surface area contributed by atoms with Crippen LogP contribution in [-0.2, 0) is 0 Å². The number of aliphatic hydroxyl groups is 1. The largest absolute Gasteiger partial charge is 0.489 e. The van der Waals surface area contributed by atoms with Gasteiger partial charge >= 0.3 is 0 Å². The van der Waals surface area contributed by atoms with E-state index in [1.807, 2.05) is 0 Å². The Kier molecular flexibility index (Phi) is 7.49. The molecule has 1 amide bonds. The lowest BCUT2D eigenvalue weighted by Crippen LogP contribution is -2.74. The molecule has 0 atom stereocenters. The fourth-order valence-electron chi connectivity index (χ4n) is 6.78. The van der Waals surface area contributed by atoms with Crippen LogP contribution in [-0.4, -0.2) is 76.9 Å². The minimum absolute atomic E-state index is 0.137. The molecule has 3 fully saturated rings. The van der Waals surface area contributed by atoms with Gasteiger partial charge in [-0.25, -0.2) is 9.97 Å². The lowest BCUT2D eigenvalue weighted by atomic mass is 9.49. The van der Waals surface area contributed by atoms with Gasteiger partial charge < -0.3 is 20.1 Å². The molecule has 0 unspecified atom stereocenters. The molecule has 2 N–H and O–H groups in total. The van der Waals surface area contributed by atoms with Crippen LogP contribution in [0, 0.1) is 28.1 Å². The minimum atomic E-state index is -0.348. The van der Waals surface area contributed by atoms with E-state index in [9.17, 15) is 9.90 Å². The molecule has 2 aliphatic heterocycles. The smallest absolute Gasteiger partial charge is 0.254 e. The Hall–Kier alpha value is -2.93. The summed E-state index contributed by atoms with van der Waals surface area (Å²) in [6.45, 7) is 12.7. The van der Waals surface area contributed by atoms with Crippen LogP contribution in [0.2, 0.25) is 5.02 Å². The number of carbonyl (C=O) groups excluding carboxylic acids is 1. The van der Waals surface area contributed by atoms with Crippen LogP contribution in [0.1, 0.15) is 56.5 Å². The number of hydrogen-bond acceptors (Lipinski definition) is 8. The number of likely N-dealkylation sites (tertiary alicyclic amines) is 1. The number of benzene rings is 1. The second-order valence-corrected chi connectivity index (χ2v) is 12.8. The van der Waals surface area contributed by atoms with E-state index < -0.39 is 0 Å². The maximum absolute atomic E-state index is 13.2. The molecule has 3 aliphatic rings. The topological polar surface area (TPSA) is 115 Å². The lowest BCUT2D eigenvalue weighted by Gasteiger charge is -2.63. The number of piperidine rings is 1. The summed E-state index contributed by atoms with van der Waals surface area (Å²) in [5.74, 6) is 1.68. The van der Waals surface area contributed by atoms with Crippen molar-refractivity contribution in [2.24, 2.45) is 16.7 Å². The third kappa shape index (κ3) is 5.43. The van der Waals surface area contributed by atoms with E-state index in [1.54, 1.807) is 30.6 Å². The Labute approximate surface area is 235 Å². The maximum atomic E-state index is 13.2. The quantitative estimate of drug-likeness (QED) is 0.536. The highest BCUT2D eigenvalue weighted by molar-refractivity contribution is 6.31. The number of nitrogens with zero attached hydrogens (tertiary/aromatic N) is 5. The normalized spacial score (nSPS) is 24.8. The van der Waals surface area contributed by atoms with Crippen molar-refractivity contribution in [3.05, 3.63) is 46.7 Å². The molecule has 3 heterocycles. The summed E-state index contributed by atoms with van der Waals surface area (Å²) >= 11 is 6.19. The molecule has 39 heavy (non-hydrogen) atoms. The molecule has 5 rings (SSSR count). The molecular formula is C29H37ClN6O3. The van der Waals surface area contributed by atoms with Crippen molar-refractivity contribution < 1.29 is 14.6 Å². The van der Waals surface area contributed by atoms with Gasteiger partial charge in [0.05, 0.1) is 22.3 Å². The van der Waals surface area contributed by atoms with E-state index in [2.05, 4.69) is 58.8 Å². The molecule has 9 nitrogen and oxygen atoms in total. The zero-order valence-electron chi connectivity index (χ0n) is 23.0. The summed E-state index contributed by atoms with van der Waals surface area (Å²) in [4.78, 5) is 26.7. The predicted molar refractivity (Wildman–Crippen MR) is 149 cm³/mol. The van der Waals surface area contributed by atoms with Crippen molar-refractivity contribution in [2.75, 3.05) is 37.6 Å². The molecule has 0 radical (unpaired) electrons. The highest BCUT2D eigenvalue weighted by atomic mass is 35.5. The first-order chi connectivity index (χ1) is 18.5. The Morgan fingerprint density at radius 2 is 1.82 bits per heavy atom. The Morgan fingerprint density at radius 3 is 2.38 bits per heavy atom. The van der Waals surface area contributed by atoms with Crippen LogP contribution in [0.5, 0.6) is 5.75 Å². The maximum Gasteiger partial charge on any atom is 0.254 e. The van der Waals surface area contributed by atoms with Crippen molar-refractivity contribution in [3.63, 3.8) is 0 Å². The first kappa shape index (κ1) is 27.6. The average molecular weight is 553 g/mol. The Bertz CT molecular complexity index is 1230. The number of nitriles is 1. The van der Waals surface area contributed by atoms with Gasteiger partial charge in [0.1, 0.15) is 17.9 Å². The number of rotatable bonds is 7. The monoisotopic (exact) mass is 552 g/mol. The van der Waals surface area contributed by atoms with Crippen molar-refractivity contribution in [3.8, 4) is 11.8 Å². The number of nitrogens with one attached hydrogen (secondary N) is 1. The first-order valence-electron chi connectivity index (χ1n) is 13.6. The number of hydrogen-bond donors (Lipinski definition) is 2. The van der Waals surface area contributed by atoms with Gasteiger partial charge in [-0.3, -0.25) is 9.69 Å². The fourth-order valence-corrected chi connectivity index (χ4v) is 7.00. The van der Waals surface area contributed by atoms with E-state index in [0.717, 1.165) is 45.6 Å². The number of carbonyl (C=O) groups is 1. The number of ether oxygens (including phenoxy) is 1. The molecule has 0 spiro atoms. The molecular weight excluding hydrogens is 516 g/mol. The number of amides is 1. The van der Waals surface area contributed by atoms with Gasteiger partial charge in [-0.1, -0.05) is 39.3 Å². The number of anilines is 1. The predicted octanol–water partition coefficient (Wildman–Crippen LogP) is 3.51. The first-order valence-corrected chi connectivity index (χ1v) is 14.0. The van der Waals surface area contributed by atoms with E-state index in [1.165, 1.54) is 0 Å². The number of aliphatic hydroxyl groups excluding tert-OH is 1. The molecule has 10 heteroatoms. The summed E-state index contributed by atoms with van der Waals surface area (Å²) in [5.41, 5.74) is 0.139. The van der Waals surface area contributed by atoms with E-state index in [0.29, 0.717) is 33.8 Å². The number of aromatic nitrogens is 2. The van der Waals surface area contributed by atoms with Crippen molar-refractivity contribution >= 4 is 23.5 Å². The van der Waals surface area contributed by atoms with Gasteiger partial charge in [0.2, 0.25) is 5.95 Å². The lowest BCUT2D eigenvalue weighted by molar-refractivity contribution is -0.164. The van der Waals surface area contributed by atoms with Gasteiger partial charge in [-0.2, -0.15) is 5.26 Å². The number of β-amino-alcohol motifs (C(OH)–C–C–N with tert-alkyl or cyclic N) is 1. The Balaban J connectivity index is 1.16. The third-order valence-electron chi connectivity index (χ3n) is 8.68. The number of halogens is 1. The second kappa shape index (κ2) is 10.6. The standard InChI is InChI=1S/C29H37ClN6O3/c1-28(2)25(29(3,4)26(28)39-22-6-5-19(12-31)23(30)11-22)34-24(38)20-13-32-27(33-14-20)36-9-7-18(8-10-36)15-35-16-21(37)17-35/h5-6,11,13-14,18,21,25-26,37H,7-10,15-17H2,1-4H3,(H,34,38). The van der Waals surface area contributed by atoms with Crippen LogP contribution in [0.4, 0.5) is 5.95 Å². The molecule has 1 aromatic carbocycles. The zero-order valence-corrected chi connectivity index (χ0v) is 23.8. The van der Waals surface area contributed by atoms with E-state index in [4.69, 9.17) is 21.6 Å². The van der Waals surface area contributed by atoms with Gasteiger partial charge in [0.25, 0.3) is 5.91 Å². The van der Waals surface area contributed by atoms with Crippen LogP contribution in [0.15, 0.2) is 30.6 Å². The van der Waals surface area contributed by atoms with Gasteiger partial charge in [0, 0.05) is 68.1 Å². The fraction of sp³-hybridized carbons (Fsp3) is 0.586. The second-order valence-electron chi connectivity index (χ2n) is 12.4. The van der Waals surface area contributed by atoms with Crippen molar-refractivity contribution in [1.82, 2.24) is 20.2 Å². The molecule has 208 valence electrons. The SMILES string of the molecule is CC1(C)C(NC(=O)c2cnc(N3CCC(CN4CC(O)C4)CC3)nc2)C(C)(C)C1Oc1ccc(C#N)c(Cl)c1. The van der Waals surface area contributed by atoms with Gasteiger partial charge in [0.15, 0.2) is 0 Å².